The van der Waals surface area contributed by atoms with Crippen LogP contribution in [0.4, 0.5) is 13.2 Å². The van der Waals surface area contributed by atoms with E-state index in [9.17, 15) is 18.0 Å². The fraction of sp³-hybridized carbons (Fsp3) is 0.600. The van der Waals surface area contributed by atoms with Crippen LogP contribution in [0.15, 0.2) is 23.0 Å². The van der Waals surface area contributed by atoms with Crippen molar-refractivity contribution in [3.63, 3.8) is 0 Å². The molecule has 0 saturated carbocycles. The molecule has 0 radical (unpaired) electrons. The van der Waals surface area contributed by atoms with Crippen LogP contribution in [0, 0.1) is 5.41 Å². The minimum Gasteiger partial charge on any atom is -0.475 e. The molecule has 2 N–H and O–H groups in total. The van der Waals surface area contributed by atoms with Gasteiger partial charge in [-0.25, -0.2) is 4.79 Å². The van der Waals surface area contributed by atoms with Gasteiger partial charge in [0.05, 0.1) is 17.9 Å². The zero-order chi connectivity index (χ0) is 17.8. The van der Waals surface area contributed by atoms with Crippen LogP contribution in [0.1, 0.15) is 24.8 Å². The standard InChI is InChI=1S/C13H18N2O2.C2HF3O2/c16-12-13(4-5-14-12)3-1-6-15(10-13)8-11-2-7-17-9-11;3-2(4,5)1(6)7/h2,7,9H,1,3-6,8,10H2,(H,14,16);(H,6,7). The van der Waals surface area contributed by atoms with E-state index in [1.165, 1.54) is 5.56 Å². The first-order valence-electron chi connectivity index (χ1n) is 7.55. The Labute approximate surface area is 136 Å². The molecule has 0 aromatic carbocycles. The highest BCUT2D eigenvalue weighted by molar-refractivity contribution is 5.85. The summed E-state index contributed by atoms with van der Waals surface area (Å²) in [6, 6.07) is 2.00. The first-order chi connectivity index (χ1) is 11.2. The van der Waals surface area contributed by atoms with Gasteiger partial charge in [0.15, 0.2) is 0 Å². The van der Waals surface area contributed by atoms with E-state index in [4.69, 9.17) is 14.3 Å². The number of hydrogen-bond donors (Lipinski definition) is 2. The molecule has 9 heteroatoms. The summed E-state index contributed by atoms with van der Waals surface area (Å²) in [6.45, 7) is 3.72. The molecule has 1 aromatic heterocycles. The molecule has 1 atom stereocenters. The van der Waals surface area contributed by atoms with Crippen molar-refractivity contribution in [3.8, 4) is 0 Å². The lowest BCUT2D eigenvalue weighted by Crippen LogP contribution is -2.46. The molecule has 1 aromatic rings. The van der Waals surface area contributed by atoms with Gasteiger partial charge in [0.25, 0.3) is 0 Å². The van der Waals surface area contributed by atoms with Crippen molar-refractivity contribution in [1.29, 1.82) is 0 Å². The lowest BCUT2D eigenvalue weighted by atomic mass is 9.78. The van der Waals surface area contributed by atoms with Crippen LogP contribution in [0.5, 0.6) is 0 Å². The molecule has 0 aliphatic carbocycles. The number of piperidine rings is 1. The zero-order valence-corrected chi connectivity index (χ0v) is 12.9. The predicted molar refractivity (Wildman–Crippen MR) is 77.0 cm³/mol. The molecule has 6 nitrogen and oxygen atoms in total. The van der Waals surface area contributed by atoms with Crippen molar-refractivity contribution in [1.82, 2.24) is 10.2 Å². The van der Waals surface area contributed by atoms with Gasteiger partial charge in [0, 0.05) is 25.2 Å². The molecule has 2 fully saturated rings. The lowest BCUT2D eigenvalue weighted by Gasteiger charge is -2.38. The van der Waals surface area contributed by atoms with Gasteiger partial charge < -0.3 is 14.8 Å². The Kier molecular flexibility index (Phi) is 5.53. The second-order valence-electron chi connectivity index (χ2n) is 6.03. The number of nitrogens with one attached hydrogen (secondary N) is 1. The number of alkyl halides is 3. The van der Waals surface area contributed by atoms with Gasteiger partial charge in [-0.2, -0.15) is 13.2 Å². The number of carboxylic acid groups (broad SMARTS) is 1. The van der Waals surface area contributed by atoms with E-state index in [2.05, 4.69) is 10.2 Å². The summed E-state index contributed by atoms with van der Waals surface area (Å²) in [4.78, 5) is 23.2. The van der Waals surface area contributed by atoms with Crippen LogP contribution in [0.2, 0.25) is 0 Å². The molecule has 134 valence electrons. The summed E-state index contributed by atoms with van der Waals surface area (Å²) in [6.07, 6.45) is 1.56. The molecule has 0 bridgehead atoms. The number of aliphatic carboxylic acids is 1. The number of carbonyl (C=O) groups is 2. The molecule has 3 rings (SSSR count). The van der Waals surface area contributed by atoms with Gasteiger partial charge in [-0.1, -0.05) is 0 Å². The minimum absolute atomic E-state index is 0.109. The largest absolute Gasteiger partial charge is 0.490 e. The molecule has 2 saturated heterocycles. The highest BCUT2D eigenvalue weighted by Gasteiger charge is 2.45. The fourth-order valence-corrected chi connectivity index (χ4v) is 3.11. The Morgan fingerprint density at radius 3 is 2.62 bits per heavy atom. The van der Waals surface area contributed by atoms with Gasteiger partial charge in [0.1, 0.15) is 0 Å². The van der Waals surface area contributed by atoms with E-state index in [-0.39, 0.29) is 11.3 Å². The third-order valence-corrected chi connectivity index (χ3v) is 4.26. The summed E-state index contributed by atoms with van der Waals surface area (Å²) in [5, 5.41) is 10.1. The topological polar surface area (TPSA) is 82.8 Å². The highest BCUT2D eigenvalue weighted by Crippen LogP contribution is 2.36. The van der Waals surface area contributed by atoms with Gasteiger partial charge >= 0.3 is 12.1 Å². The Bertz CT molecular complexity index is 574. The number of nitrogens with zero attached hydrogens (tertiary/aromatic N) is 1. The van der Waals surface area contributed by atoms with Crippen molar-refractivity contribution in [2.45, 2.75) is 32.0 Å². The van der Waals surface area contributed by atoms with Crippen LogP contribution in [0.3, 0.4) is 0 Å². The minimum atomic E-state index is -5.08. The SMILES string of the molecule is O=C(O)C(F)(F)F.O=C1NCCC12CCCN(Cc1ccoc1)C2. The van der Waals surface area contributed by atoms with E-state index in [0.717, 1.165) is 45.4 Å². The normalized spacial score (nSPS) is 24.4. The third-order valence-electron chi connectivity index (χ3n) is 4.26. The van der Waals surface area contributed by atoms with E-state index < -0.39 is 12.1 Å². The number of halogens is 3. The molecule has 1 spiro atoms. The van der Waals surface area contributed by atoms with Gasteiger partial charge in [-0.3, -0.25) is 9.69 Å². The molecular weight excluding hydrogens is 329 g/mol. The van der Waals surface area contributed by atoms with Crippen molar-refractivity contribution in [2.75, 3.05) is 19.6 Å². The number of furan rings is 1. The summed E-state index contributed by atoms with van der Waals surface area (Å²) in [5.74, 6) is -2.50. The molecule has 3 heterocycles. The number of carbonyl (C=O) groups excluding carboxylic acids is 1. The number of amides is 1. The monoisotopic (exact) mass is 348 g/mol. The second kappa shape index (κ2) is 7.25. The second-order valence-corrected chi connectivity index (χ2v) is 6.03. The Morgan fingerprint density at radius 2 is 2.12 bits per heavy atom. The Morgan fingerprint density at radius 1 is 1.42 bits per heavy atom. The molecule has 2 aliphatic rings. The average molecular weight is 348 g/mol. The maximum atomic E-state index is 11.9. The van der Waals surface area contributed by atoms with Crippen LogP contribution in [-0.4, -0.2) is 47.7 Å². The van der Waals surface area contributed by atoms with E-state index >= 15 is 0 Å². The molecule has 24 heavy (non-hydrogen) atoms. The third kappa shape index (κ3) is 4.50. The van der Waals surface area contributed by atoms with Gasteiger partial charge in [0.2, 0.25) is 5.91 Å². The summed E-state index contributed by atoms with van der Waals surface area (Å²) in [5.41, 5.74) is 1.09. The van der Waals surface area contributed by atoms with E-state index in [1.54, 1.807) is 12.5 Å². The predicted octanol–water partition coefficient (Wildman–Crippen LogP) is 2.02. The van der Waals surface area contributed by atoms with Crippen molar-refractivity contribution < 1.29 is 32.3 Å². The Hall–Kier alpha value is -2.03. The summed E-state index contributed by atoms with van der Waals surface area (Å²) >= 11 is 0. The smallest absolute Gasteiger partial charge is 0.475 e. The first-order valence-corrected chi connectivity index (χ1v) is 7.55. The van der Waals surface area contributed by atoms with Crippen LogP contribution in [0.25, 0.3) is 0 Å². The molecule has 2 aliphatic heterocycles. The molecular formula is C15H19F3N2O4. The van der Waals surface area contributed by atoms with Crippen molar-refractivity contribution in [3.05, 3.63) is 24.2 Å². The van der Waals surface area contributed by atoms with Gasteiger partial charge in [-0.15, -0.1) is 0 Å². The number of rotatable bonds is 2. The lowest BCUT2D eigenvalue weighted by molar-refractivity contribution is -0.192. The number of hydrogen-bond acceptors (Lipinski definition) is 4. The summed E-state index contributed by atoms with van der Waals surface area (Å²) < 4.78 is 36.8. The maximum Gasteiger partial charge on any atom is 0.490 e. The van der Waals surface area contributed by atoms with E-state index in [0.29, 0.717) is 0 Å². The molecule has 1 amide bonds. The van der Waals surface area contributed by atoms with Crippen LogP contribution in [-0.2, 0) is 16.1 Å². The fourth-order valence-electron chi connectivity index (χ4n) is 3.11. The van der Waals surface area contributed by atoms with Crippen molar-refractivity contribution >= 4 is 11.9 Å². The Balaban J connectivity index is 0.000000256. The highest BCUT2D eigenvalue weighted by atomic mass is 19.4. The first kappa shape index (κ1) is 18.3. The number of carboxylic acids is 1. The van der Waals surface area contributed by atoms with Crippen LogP contribution < -0.4 is 5.32 Å². The van der Waals surface area contributed by atoms with E-state index in [1.807, 2.05) is 6.07 Å². The summed E-state index contributed by atoms with van der Waals surface area (Å²) in [7, 11) is 0. The zero-order valence-electron chi connectivity index (χ0n) is 12.9. The quantitative estimate of drug-likeness (QED) is 0.854. The number of likely N-dealkylation sites (tertiary alicyclic amines) is 1. The molecule has 1 unspecified atom stereocenters. The van der Waals surface area contributed by atoms with Crippen LogP contribution >= 0.6 is 0 Å². The maximum absolute atomic E-state index is 11.9. The van der Waals surface area contributed by atoms with Crippen molar-refractivity contribution in [2.24, 2.45) is 5.41 Å². The average Bonchev–Trinajstić information content (AvgIpc) is 3.11. The van der Waals surface area contributed by atoms with Gasteiger partial charge in [-0.05, 0) is 31.9 Å².